The lowest BCUT2D eigenvalue weighted by Gasteiger charge is -2.13. The van der Waals surface area contributed by atoms with Crippen molar-refractivity contribution in [1.29, 1.82) is 0 Å². The van der Waals surface area contributed by atoms with Gasteiger partial charge in [-0.2, -0.15) is 0 Å². The van der Waals surface area contributed by atoms with Crippen molar-refractivity contribution in [2.24, 2.45) is 11.7 Å². The summed E-state index contributed by atoms with van der Waals surface area (Å²) >= 11 is 0. The van der Waals surface area contributed by atoms with E-state index in [-0.39, 0.29) is 11.8 Å². The average molecular weight is 588 g/mol. The van der Waals surface area contributed by atoms with Gasteiger partial charge in [-0.25, -0.2) is 0 Å². The number of nitrogens with two attached hydrogens (primary N) is 1. The Balaban J connectivity index is 3.43. The van der Waals surface area contributed by atoms with Gasteiger partial charge in [0, 0.05) is 5.92 Å². The van der Waals surface area contributed by atoms with Gasteiger partial charge in [0.1, 0.15) is 0 Å². The fourth-order valence-corrected chi connectivity index (χ4v) is 6.06. The fraction of sp³-hybridized carbons (Fsp3) is 0.875. The number of hydrogen-bond donors (Lipinski definition) is 1. The molecule has 0 rings (SSSR count). The third-order valence-electron chi connectivity index (χ3n) is 9.03. The molecule has 1 amide bonds. The maximum Gasteiger partial charge on any atom is 0.220 e. The molecule has 2 nitrogen and oxygen atoms in total. The maximum atomic E-state index is 11.9. The smallest absolute Gasteiger partial charge is 0.220 e. The van der Waals surface area contributed by atoms with Crippen LogP contribution in [-0.4, -0.2) is 5.91 Å². The second-order valence-corrected chi connectivity index (χ2v) is 13.3. The van der Waals surface area contributed by atoms with Crippen molar-refractivity contribution < 1.29 is 4.79 Å². The number of carbonyl (C=O) groups is 1. The third kappa shape index (κ3) is 33.5. The highest BCUT2D eigenvalue weighted by Gasteiger charge is 2.14. The Labute approximate surface area is 265 Å². The highest BCUT2D eigenvalue weighted by atomic mass is 16.1. The molecule has 42 heavy (non-hydrogen) atoms. The zero-order chi connectivity index (χ0) is 30.6. The van der Waals surface area contributed by atoms with E-state index in [0.717, 1.165) is 19.3 Å². The van der Waals surface area contributed by atoms with Gasteiger partial charge in [-0.3, -0.25) is 4.79 Å². The Morgan fingerprint density at radius 3 is 0.905 bits per heavy atom. The normalized spacial score (nSPS) is 12.6. The number of rotatable bonds is 35. The molecular formula is C40H77NO. The molecule has 0 aliphatic heterocycles. The summed E-state index contributed by atoms with van der Waals surface area (Å²) < 4.78 is 0. The molecule has 0 radical (unpaired) electrons. The highest BCUT2D eigenvalue weighted by molar-refractivity contribution is 5.76. The number of carbonyl (C=O) groups excluding carboxylic acids is 1. The summed E-state index contributed by atoms with van der Waals surface area (Å²) in [4.78, 5) is 11.9. The molecule has 0 aromatic heterocycles. The summed E-state index contributed by atoms with van der Waals surface area (Å²) in [7, 11) is 0. The van der Waals surface area contributed by atoms with Crippen molar-refractivity contribution in [3.63, 3.8) is 0 Å². The summed E-state index contributed by atoms with van der Waals surface area (Å²) in [6.07, 6.45) is 51.8. The summed E-state index contributed by atoms with van der Waals surface area (Å²) in [5.41, 5.74) is 5.72. The van der Waals surface area contributed by atoms with Crippen LogP contribution in [0.25, 0.3) is 0 Å². The van der Waals surface area contributed by atoms with E-state index >= 15 is 0 Å². The largest absolute Gasteiger partial charge is 0.369 e. The van der Waals surface area contributed by atoms with Crippen molar-refractivity contribution >= 4 is 5.91 Å². The van der Waals surface area contributed by atoms with E-state index in [1.54, 1.807) is 0 Å². The lowest BCUT2D eigenvalue weighted by Crippen LogP contribution is -2.23. The topological polar surface area (TPSA) is 43.1 Å². The molecule has 0 bridgehead atoms. The lowest BCUT2D eigenvalue weighted by atomic mass is 9.93. The van der Waals surface area contributed by atoms with E-state index in [2.05, 4.69) is 38.2 Å². The molecule has 0 aromatic rings. The van der Waals surface area contributed by atoms with Crippen LogP contribution in [0, 0.1) is 5.92 Å². The van der Waals surface area contributed by atoms with Crippen molar-refractivity contribution in [2.45, 2.75) is 219 Å². The van der Waals surface area contributed by atoms with Crippen LogP contribution in [0.4, 0.5) is 0 Å². The third-order valence-corrected chi connectivity index (χ3v) is 9.03. The van der Waals surface area contributed by atoms with Gasteiger partial charge in [-0.1, -0.05) is 179 Å². The van der Waals surface area contributed by atoms with Crippen LogP contribution in [0.3, 0.4) is 0 Å². The highest BCUT2D eigenvalue weighted by Crippen LogP contribution is 2.19. The van der Waals surface area contributed by atoms with Gasteiger partial charge >= 0.3 is 0 Å². The number of hydrogen-bond acceptors (Lipinski definition) is 1. The van der Waals surface area contributed by atoms with E-state index in [4.69, 9.17) is 5.73 Å². The van der Waals surface area contributed by atoms with Gasteiger partial charge in [0.25, 0.3) is 0 Å². The van der Waals surface area contributed by atoms with Crippen molar-refractivity contribution in [1.82, 2.24) is 0 Å². The van der Waals surface area contributed by atoms with Crippen LogP contribution in [0.1, 0.15) is 219 Å². The standard InChI is InChI=1S/C40H77NO/c1-3-5-7-9-11-13-15-17-19-20-21-22-23-24-26-28-30-32-34-36-38-39(40(41)42)37-35-33-31-29-27-25-18-16-14-12-10-8-6-4-2/h17-19,25,39H,3-16,20-24,26-38H2,1-2H3,(H2,41,42). The predicted molar refractivity (Wildman–Crippen MR) is 190 cm³/mol. The molecule has 0 saturated carbocycles. The molecule has 0 aliphatic rings. The van der Waals surface area contributed by atoms with E-state index in [9.17, 15) is 4.79 Å². The molecule has 0 fully saturated rings. The number of primary amides is 1. The second kappa shape index (κ2) is 36.1. The molecule has 0 aliphatic carbocycles. The lowest BCUT2D eigenvalue weighted by molar-refractivity contribution is -0.122. The average Bonchev–Trinajstić information content (AvgIpc) is 2.99. The van der Waals surface area contributed by atoms with E-state index < -0.39 is 0 Å². The van der Waals surface area contributed by atoms with E-state index in [1.807, 2.05) is 0 Å². The molecule has 0 spiro atoms. The Morgan fingerprint density at radius 1 is 0.405 bits per heavy atom. The number of unbranched alkanes of at least 4 members (excludes halogenated alkanes) is 26. The van der Waals surface area contributed by atoms with Crippen LogP contribution >= 0.6 is 0 Å². The molecule has 0 aromatic carbocycles. The van der Waals surface area contributed by atoms with Crippen molar-refractivity contribution in [3.05, 3.63) is 24.3 Å². The molecule has 248 valence electrons. The van der Waals surface area contributed by atoms with Crippen LogP contribution in [0.15, 0.2) is 24.3 Å². The van der Waals surface area contributed by atoms with Gasteiger partial charge in [0.15, 0.2) is 0 Å². The monoisotopic (exact) mass is 588 g/mol. The Hall–Kier alpha value is -1.05. The summed E-state index contributed by atoms with van der Waals surface area (Å²) in [6, 6.07) is 0. The Kier molecular flexibility index (Phi) is 35.2. The first-order valence-corrected chi connectivity index (χ1v) is 19.3. The predicted octanol–water partition coefficient (Wildman–Crippen LogP) is 13.7. The quantitative estimate of drug-likeness (QED) is 0.0581. The minimum Gasteiger partial charge on any atom is -0.369 e. The molecular weight excluding hydrogens is 510 g/mol. The van der Waals surface area contributed by atoms with Gasteiger partial charge in [0.05, 0.1) is 0 Å². The summed E-state index contributed by atoms with van der Waals surface area (Å²) in [5, 5.41) is 0. The Morgan fingerprint density at radius 2 is 0.643 bits per heavy atom. The zero-order valence-corrected chi connectivity index (χ0v) is 29.0. The second-order valence-electron chi connectivity index (χ2n) is 13.3. The first kappa shape index (κ1) is 41.0. The minimum absolute atomic E-state index is 0.0686. The summed E-state index contributed by atoms with van der Waals surface area (Å²) in [6.45, 7) is 4.57. The van der Waals surface area contributed by atoms with Crippen molar-refractivity contribution in [3.8, 4) is 0 Å². The van der Waals surface area contributed by atoms with Gasteiger partial charge < -0.3 is 5.73 Å². The molecule has 0 saturated heterocycles. The molecule has 0 heterocycles. The van der Waals surface area contributed by atoms with Gasteiger partial charge in [-0.15, -0.1) is 0 Å². The molecule has 2 N–H and O–H groups in total. The fourth-order valence-electron chi connectivity index (χ4n) is 6.06. The van der Waals surface area contributed by atoms with Crippen molar-refractivity contribution in [2.75, 3.05) is 0 Å². The van der Waals surface area contributed by atoms with Crippen LogP contribution in [0.2, 0.25) is 0 Å². The van der Waals surface area contributed by atoms with Crippen LogP contribution < -0.4 is 5.73 Å². The first-order chi connectivity index (χ1) is 20.7. The Bertz CT molecular complexity index is 580. The SMILES string of the molecule is CCCCCCCCC=CCCCCCCCCCCCCC(CCCCCCC=CCCCCCCCC)C(N)=O. The zero-order valence-electron chi connectivity index (χ0n) is 29.0. The molecule has 1 unspecified atom stereocenters. The van der Waals surface area contributed by atoms with Crippen LogP contribution in [0.5, 0.6) is 0 Å². The van der Waals surface area contributed by atoms with Gasteiger partial charge in [-0.05, 0) is 64.2 Å². The van der Waals surface area contributed by atoms with Crippen LogP contribution in [-0.2, 0) is 4.79 Å². The maximum absolute atomic E-state index is 11.9. The first-order valence-electron chi connectivity index (χ1n) is 19.3. The molecule has 2 heteroatoms. The number of allylic oxidation sites excluding steroid dienone is 4. The summed E-state index contributed by atoms with van der Waals surface area (Å²) in [5.74, 6) is 0.0357. The van der Waals surface area contributed by atoms with E-state index in [0.29, 0.717) is 0 Å². The van der Waals surface area contributed by atoms with Gasteiger partial charge in [0.2, 0.25) is 5.91 Å². The minimum atomic E-state index is -0.0686. The number of amides is 1. The molecule has 1 atom stereocenters. The van der Waals surface area contributed by atoms with E-state index in [1.165, 1.54) is 186 Å².